The van der Waals surface area contributed by atoms with Crippen LogP contribution < -0.4 is 0 Å². The number of ether oxygens (including phenoxy) is 1. The summed E-state index contributed by atoms with van der Waals surface area (Å²) < 4.78 is 29.6. The Bertz CT molecular complexity index is 185. The van der Waals surface area contributed by atoms with Crippen LogP contribution in [-0.4, -0.2) is 46.2 Å². The van der Waals surface area contributed by atoms with Crippen molar-refractivity contribution in [3.63, 3.8) is 0 Å². The molecule has 1 unspecified atom stereocenters. The van der Waals surface area contributed by atoms with Crippen molar-refractivity contribution in [2.45, 2.75) is 6.10 Å². The lowest BCUT2D eigenvalue weighted by Crippen LogP contribution is -2.22. The van der Waals surface area contributed by atoms with Crippen LogP contribution in [0.3, 0.4) is 0 Å². The summed E-state index contributed by atoms with van der Waals surface area (Å²) in [5.74, 6) is 0. The van der Waals surface area contributed by atoms with Gasteiger partial charge in [-0.3, -0.25) is 4.18 Å². The molecule has 0 amide bonds. The van der Waals surface area contributed by atoms with Crippen LogP contribution in [0, 0.1) is 0 Å². The van der Waals surface area contributed by atoms with Gasteiger partial charge in [0.2, 0.25) is 0 Å². The molecule has 0 saturated heterocycles. The molecule has 0 spiro atoms. The molecule has 0 fully saturated rings. The monoisotopic (exact) mass is 184 g/mol. The van der Waals surface area contributed by atoms with Gasteiger partial charge >= 0.3 is 0 Å². The fourth-order valence-electron chi connectivity index (χ4n) is 0.443. The minimum Gasteiger partial charge on any atom is -0.388 e. The number of methoxy groups -OCH3 is 1. The van der Waals surface area contributed by atoms with Gasteiger partial charge in [-0.05, 0) is 0 Å². The summed E-state index contributed by atoms with van der Waals surface area (Å²) in [5, 5.41) is 8.90. The summed E-state index contributed by atoms with van der Waals surface area (Å²) >= 11 is 0. The van der Waals surface area contributed by atoms with Gasteiger partial charge < -0.3 is 9.84 Å². The van der Waals surface area contributed by atoms with E-state index in [1.807, 2.05) is 0 Å². The van der Waals surface area contributed by atoms with Crippen molar-refractivity contribution in [1.29, 1.82) is 0 Å². The summed E-state index contributed by atoms with van der Waals surface area (Å²) in [6.07, 6.45) is 0.0294. The quantitative estimate of drug-likeness (QED) is 0.553. The Labute approximate surface area is 66.1 Å². The smallest absolute Gasteiger partial charge is 0.264 e. The van der Waals surface area contributed by atoms with Crippen molar-refractivity contribution in [3.8, 4) is 0 Å². The second-order valence-electron chi connectivity index (χ2n) is 2.10. The minimum absolute atomic E-state index is 0.0650. The Morgan fingerprint density at radius 2 is 2.00 bits per heavy atom. The Balaban J connectivity index is 3.54. The SMILES string of the molecule is COCC(O)COS(C)(=O)=O. The minimum atomic E-state index is -3.45. The zero-order chi connectivity index (χ0) is 8.91. The van der Waals surface area contributed by atoms with Crippen molar-refractivity contribution in [2.75, 3.05) is 26.6 Å². The maximum absolute atomic E-state index is 10.4. The third-order valence-corrected chi connectivity index (χ3v) is 1.40. The molecule has 0 rings (SSSR count). The van der Waals surface area contributed by atoms with E-state index in [0.717, 1.165) is 6.26 Å². The molecule has 0 aliphatic heterocycles. The summed E-state index contributed by atoms with van der Waals surface area (Å²) in [4.78, 5) is 0. The maximum Gasteiger partial charge on any atom is 0.264 e. The number of aliphatic hydroxyl groups is 1. The predicted octanol–water partition coefficient (Wildman–Crippen LogP) is -1.03. The summed E-state index contributed by atoms with van der Waals surface area (Å²) in [6, 6.07) is 0. The van der Waals surface area contributed by atoms with E-state index in [2.05, 4.69) is 8.92 Å². The molecule has 0 aliphatic rings. The molecule has 0 aliphatic carbocycles. The van der Waals surface area contributed by atoms with Gasteiger partial charge in [0, 0.05) is 7.11 Å². The van der Waals surface area contributed by atoms with Crippen molar-refractivity contribution in [1.82, 2.24) is 0 Å². The highest BCUT2D eigenvalue weighted by atomic mass is 32.2. The molecule has 6 heteroatoms. The second-order valence-corrected chi connectivity index (χ2v) is 3.74. The molecule has 5 nitrogen and oxygen atoms in total. The van der Waals surface area contributed by atoms with Crippen LogP contribution in [-0.2, 0) is 19.0 Å². The van der Waals surface area contributed by atoms with Gasteiger partial charge in [0.25, 0.3) is 10.1 Å². The van der Waals surface area contributed by atoms with E-state index >= 15 is 0 Å². The van der Waals surface area contributed by atoms with E-state index in [-0.39, 0.29) is 13.2 Å². The standard InChI is InChI=1S/C5H12O5S/c1-9-3-5(6)4-10-11(2,7)8/h5-6H,3-4H2,1-2H3. The van der Waals surface area contributed by atoms with Crippen molar-refractivity contribution >= 4 is 10.1 Å². The largest absolute Gasteiger partial charge is 0.388 e. The summed E-state index contributed by atoms with van der Waals surface area (Å²) in [6.45, 7) is -0.192. The molecule has 0 aromatic carbocycles. The van der Waals surface area contributed by atoms with Gasteiger partial charge in [0.15, 0.2) is 0 Å². The molecule has 0 saturated carbocycles. The van der Waals surface area contributed by atoms with Crippen LogP contribution in [0.15, 0.2) is 0 Å². The third kappa shape index (κ3) is 7.73. The molecule has 1 N–H and O–H groups in total. The maximum atomic E-state index is 10.4. The molecular formula is C5H12O5S. The first-order valence-corrected chi connectivity index (χ1v) is 4.79. The Morgan fingerprint density at radius 1 is 1.45 bits per heavy atom. The predicted molar refractivity (Wildman–Crippen MR) is 38.7 cm³/mol. The molecule has 68 valence electrons. The van der Waals surface area contributed by atoms with Crippen molar-refractivity contribution < 1.29 is 22.4 Å². The zero-order valence-corrected chi connectivity index (χ0v) is 7.30. The topological polar surface area (TPSA) is 72.8 Å². The summed E-state index contributed by atoms with van der Waals surface area (Å²) in [5.41, 5.74) is 0. The fraction of sp³-hybridized carbons (Fsp3) is 1.00. The lowest BCUT2D eigenvalue weighted by molar-refractivity contribution is 0.0344. The Morgan fingerprint density at radius 3 is 2.36 bits per heavy atom. The van der Waals surface area contributed by atoms with Crippen molar-refractivity contribution in [2.24, 2.45) is 0 Å². The first kappa shape index (κ1) is 10.8. The van der Waals surface area contributed by atoms with Gasteiger partial charge in [-0.15, -0.1) is 0 Å². The molecule has 0 aromatic heterocycles. The van der Waals surface area contributed by atoms with E-state index in [4.69, 9.17) is 5.11 Å². The molecule has 0 radical (unpaired) electrons. The van der Waals surface area contributed by atoms with Crippen LogP contribution in [0.4, 0.5) is 0 Å². The highest BCUT2D eigenvalue weighted by Crippen LogP contribution is 1.91. The normalized spacial score (nSPS) is 14.8. The Hall–Kier alpha value is -0.170. The average Bonchev–Trinajstić information content (AvgIpc) is 1.83. The summed E-state index contributed by atoms with van der Waals surface area (Å²) in [7, 11) is -2.05. The lowest BCUT2D eigenvalue weighted by Gasteiger charge is -2.07. The second kappa shape index (κ2) is 4.66. The van der Waals surface area contributed by atoms with Gasteiger partial charge in [0.05, 0.1) is 19.5 Å². The Kier molecular flexibility index (Phi) is 4.58. The highest BCUT2D eigenvalue weighted by molar-refractivity contribution is 7.85. The van der Waals surface area contributed by atoms with Gasteiger partial charge in [-0.25, -0.2) is 0 Å². The third-order valence-electron chi connectivity index (χ3n) is 0.834. The van der Waals surface area contributed by atoms with E-state index < -0.39 is 16.2 Å². The van der Waals surface area contributed by atoms with Gasteiger partial charge in [-0.1, -0.05) is 0 Å². The van der Waals surface area contributed by atoms with Gasteiger partial charge in [-0.2, -0.15) is 8.42 Å². The molecular weight excluding hydrogens is 172 g/mol. The van der Waals surface area contributed by atoms with E-state index in [1.54, 1.807) is 0 Å². The molecule has 0 bridgehead atoms. The average molecular weight is 184 g/mol. The zero-order valence-electron chi connectivity index (χ0n) is 6.48. The number of hydrogen-bond acceptors (Lipinski definition) is 5. The highest BCUT2D eigenvalue weighted by Gasteiger charge is 2.07. The number of hydrogen-bond donors (Lipinski definition) is 1. The molecule has 0 aromatic rings. The first-order chi connectivity index (χ1) is 4.95. The van der Waals surface area contributed by atoms with Crippen LogP contribution >= 0.6 is 0 Å². The molecule has 0 heterocycles. The number of rotatable bonds is 5. The fourth-order valence-corrected chi connectivity index (χ4v) is 0.847. The first-order valence-electron chi connectivity index (χ1n) is 2.97. The van der Waals surface area contributed by atoms with Crippen LogP contribution in [0.1, 0.15) is 0 Å². The van der Waals surface area contributed by atoms with Gasteiger partial charge in [0.1, 0.15) is 6.10 Å². The van der Waals surface area contributed by atoms with Crippen LogP contribution in [0.5, 0.6) is 0 Å². The van der Waals surface area contributed by atoms with E-state index in [0.29, 0.717) is 0 Å². The lowest BCUT2D eigenvalue weighted by atomic mass is 10.4. The van der Waals surface area contributed by atoms with Crippen LogP contribution in [0.2, 0.25) is 0 Å². The van der Waals surface area contributed by atoms with Crippen LogP contribution in [0.25, 0.3) is 0 Å². The van der Waals surface area contributed by atoms with Crippen molar-refractivity contribution in [3.05, 3.63) is 0 Å². The molecule has 11 heavy (non-hydrogen) atoms. The molecule has 1 atom stereocenters. The van der Waals surface area contributed by atoms with E-state index in [1.165, 1.54) is 7.11 Å². The van der Waals surface area contributed by atoms with E-state index in [9.17, 15) is 8.42 Å². The number of aliphatic hydroxyl groups excluding tert-OH is 1.